The Bertz CT molecular complexity index is 7240. The van der Waals surface area contributed by atoms with Crippen LogP contribution in [0.15, 0.2) is 352 Å². The molecule has 0 unspecified atom stereocenters. The van der Waals surface area contributed by atoms with Gasteiger partial charge in [0.05, 0.1) is 44.8 Å². The number of aromatic nitrogens is 4. The molecular weight excluding hydrogens is 1670 g/mol. The highest BCUT2D eigenvalue weighted by Gasteiger charge is 2.18. The molecule has 14 aromatic carbocycles. The van der Waals surface area contributed by atoms with E-state index in [4.69, 9.17) is 19.9 Å². The van der Waals surface area contributed by atoms with Gasteiger partial charge in [0.2, 0.25) is 0 Å². The maximum Gasteiger partial charge on any atom is 0.0716 e. The molecule has 0 saturated heterocycles. The quantitative estimate of drug-likeness (QED) is 0.0285. The molecule has 0 saturated carbocycles. The summed E-state index contributed by atoms with van der Waals surface area (Å²) < 4.78 is 0. The number of nitrogens with zero attached hydrogens (tertiary/aromatic N) is 4. The lowest BCUT2D eigenvalue weighted by Gasteiger charge is -2.12. The van der Waals surface area contributed by atoms with Crippen LogP contribution in [0.3, 0.4) is 0 Å². The predicted molar refractivity (Wildman–Crippen MR) is 599 cm³/mol. The van der Waals surface area contributed by atoms with Gasteiger partial charge in [-0.2, -0.15) is 0 Å². The van der Waals surface area contributed by atoms with E-state index in [1.807, 2.05) is 0 Å². The summed E-state index contributed by atoms with van der Waals surface area (Å²) in [6.45, 7) is 11.2. The largest absolute Gasteiger partial charge is 0.248 e. The van der Waals surface area contributed by atoms with Crippen LogP contribution in [0.4, 0.5) is 0 Å². The van der Waals surface area contributed by atoms with Crippen LogP contribution in [0.2, 0.25) is 0 Å². The average Bonchev–Trinajstić information content (AvgIpc) is 0.782. The van der Waals surface area contributed by atoms with E-state index in [1.165, 1.54) is 119 Å². The molecule has 0 atom stereocenters. The highest BCUT2D eigenvalue weighted by Crippen LogP contribution is 2.40. The fourth-order valence-corrected chi connectivity index (χ4v) is 19.0. The van der Waals surface area contributed by atoms with Crippen molar-refractivity contribution in [2.45, 2.75) is 157 Å². The molecule has 4 heterocycles. The Hall–Kier alpha value is -15.1. The predicted octanol–water partition coefficient (Wildman–Crippen LogP) is 37.7. The highest BCUT2D eigenvalue weighted by molar-refractivity contribution is 6.02. The van der Waals surface area contributed by atoms with Crippen LogP contribution in [0.5, 0.6) is 0 Å². The third-order valence-electron chi connectivity index (χ3n) is 26.7. The van der Waals surface area contributed by atoms with Gasteiger partial charge in [-0.15, -0.1) is 0 Å². The van der Waals surface area contributed by atoms with E-state index in [2.05, 4.69) is 465 Å². The van der Waals surface area contributed by atoms with Gasteiger partial charge >= 0.3 is 0 Å². The fraction of sp³-hybridized carbons (Fsp3) is 0.179. The minimum atomic E-state index is 0.965. The lowest BCUT2D eigenvalue weighted by atomic mass is 9.96. The molecule has 0 N–H and O–H groups in total. The second kappa shape index (κ2) is 46.4. The smallest absolute Gasteiger partial charge is 0.0716 e. The first-order chi connectivity index (χ1) is 68.0. The van der Waals surface area contributed by atoms with Gasteiger partial charge in [-0.05, 0) is 314 Å². The van der Waals surface area contributed by atoms with E-state index >= 15 is 0 Å². The number of unbranched alkanes of at least 4 members (excludes halogenated alkanes) is 11. The van der Waals surface area contributed by atoms with Crippen LogP contribution in [0, 0.1) is 0 Å². The highest BCUT2D eigenvalue weighted by atomic mass is 14.7. The summed E-state index contributed by atoms with van der Waals surface area (Å²) in [6.07, 6.45) is 54.5. The standard InChI is InChI=1S/C134H124N4/c1-6-11-15-22-33-97-56-68-117(69-57-97)132-93-121(113-36-25-18-26-37-113)124-90-101(63-76-129(124)136-132)43-47-106-82-105(46-42-100-62-75-128-120(89-100)74-79-127(135-128)116-66-54-96(55-67-116)32-21-14-9-4)84-111(85-106)52-50-109-80-104(31-10-5)81-110(88-109)51-53-112-86-107(48-44-102-64-77-130-125(91-102)122(114-38-27-19-28-39-114)94-133(137-130)118-70-58-98(59-71-118)34-23-16-12-7-2)83-108(87-112)49-45-103-65-78-131-126(92-103)123(115-40-29-20-30-41-115)95-134(138-131)119-72-60-99(61-73-119)35-24-17-13-8-3/h10,18-20,25-31,36-95H,6-9,11-17,21-24,32-35H2,1-5H3. The first-order valence-electron chi connectivity index (χ1n) is 50.5. The molecule has 18 rings (SSSR count). The molecule has 4 nitrogen and oxygen atoms in total. The summed E-state index contributed by atoms with van der Waals surface area (Å²) >= 11 is 0. The zero-order valence-corrected chi connectivity index (χ0v) is 80.7. The molecule has 0 aliphatic carbocycles. The number of fused-ring (bicyclic) bond motifs is 4. The molecule has 680 valence electrons. The summed E-state index contributed by atoms with van der Waals surface area (Å²) in [7, 11) is 0. The number of hydrogen-bond acceptors (Lipinski definition) is 4. The molecule has 0 aliphatic rings. The molecule has 0 aliphatic heterocycles. The first-order valence-corrected chi connectivity index (χ1v) is 50.5. The lowest BCUT2D eigenvalue weighted by Crippen LogP contribution is -1.92. The Morgan fingerprint density at radius 2 is 0.428 bits per heavy atom. The third kappa shape index (κ3) is 24.6. The van der Waals surface area contributed by atoms with Crippen LogP contribution in [0.25, 0.3) is 201 Å². The molecular formula is C134H124N4. The Kier molecular flexibility index (Phi) is 31.4. The van der Waals surface area contributed by atoms with Gasteiger partial charge in [-0.1, -0.05) is 402 Å². The molecule has 0 amide bonds. The molecule has 138 heavy (non-hydrogen) atoms. The first kappa shape index (κ1) is 93.3. The van der Waals surface area contributed by atoms with Gasteiger partial charge in [0.15, 0.2) is 0 Å². The second-order valence-corrected chi connectivity index (χ2v) is 37.2. The molecule has 4 aromatic heterocycles. The van der Waals surface area contributed by atoms with Crippen LogP contribution in [-0.2, 0) is 25.7 Å². The van der Waals surface area contributed by atoms with Crippen molar-refractivity contribution in [3.05, 3.63) is 446 Å². The van der Waals surface area contributed by atoms with Crippen molar-refractivity contribution in [2.75, 3.05) is 0 Å². The van der Waals surface area contributed by atoms with Crippen molar-refractivity contribution in [1.29, 1.82) is 0 Å². The monoisotopic (exact) mass is 1790 g/mol. The van der Waals surface area contributed by atoms with E-state index in [0.717, 1.165) is 220 Å². The number of aryl methyl sites for hydroxylation is 4. The summed E-state index contributed by atoms with van der Waals surface area (Å²) in [5, 5.41) is 4.44. The maximum absolute atomic E-state index is 5.36. The number of hydrogen-bond donors (Lipinski definition) is 0. The molecule has 0 spiro atoms. The van der Waals surface area contributed by atoms with Gasteiger partial charge in [0, 0.05) is 43.8 Å². The van der Waals surface area contributed by atoms with Gasteiger partial charge in [0.25, 0.3) is 0 Å². The summed E-state index contributed by atoms with van der Waals surface area (Å²) in [5.74, 6) is 0. The van der Waals surface area contributed by atoms with Crippen LogP contribution >= 0.6 is 0 Å². The van der Waals surface area contributed by atoms with Crippen molar-refractivity contribution < 1.29 is 0 Å². The molecule has 18 aromatic rings. The Morgan fingerprint density at radius 3 is 0.717 bits per heavy atom. The number of pyridine rings is 4. The molecule has 0 radical (unpaired) electrons. The molecule has 4 heteroatoms. The number of allylic oxidation sites excluding steroid dienone is 1. The maximum atomic E-state index is 5.36. The van der Waals surface area contributed by atoms with Crippen molar-refractivity contribution in [2.24, 2.45) is 0 Å². The summed E-state index contributed by atoms with van der Waals surface area (Å²) in [5.41, 5.74) is 39.0. The van der Waals surface area contributed by atoms with Crippen LogP contribution in [-0.4, -0.2) is 19.9 Å². The molecule has 0 fully saturated rings. The van der Waals surface area contributed by atoms with Gasteiger partial charge < -0.3 is 0 Å². The van der Waals surface area contributed by atoms with Gasteiger partial charge in [-0.25, -0.2) is 19.9 Å². The zero-order chi connectivity index (χ0) is 94.0. The Morgan fingerprint density at radius 1 is 0.181 bits per heavy atom. The second-order valence-electron chi connectivity index (χ2n) is 37.2. The van der Waals surface area contributed by atoms with Crippen molar-refractivity contribution >= 4 is 123 Å². The topological polar surface area (TPSA) is 51.6 Å². The van der Waals surface area contributed by atoms with E-state index in [-0.39, 0.29) is 0 Å². The fourth-order valence-electron chi connectivity index (χ4n) is 19.0. The van der Waals surface area contributed by atoms with E-state index in [9.17, 15) is 0 Å². The average molecular weight is 1790 g/mol. The normalized spacial score (nSPS) is 12.0. The Balaban J connectivity index is 0.678. The van der Waals surface area contributed by atoms with Crippen LogP contribution < -0.4 is 0 Å². The van der Waals surface area contributed by atoms with Crippen molar-refractivity contribution in [3.8, 4) is 78.4 Å². The van der Waals surface area contributed by atoms with Gasteiger partial charge in [0.1, 0.15) is 0 Å². The SMILES string of the molecule is CC=Cc1cc(C=Cc2cc(C=Cc3ccc4nc(-c5ccc(CCCCC)cc5)ccc4c3)cc(C=Cc3ccc4nc(-c5ccc(CCCCCC)cc5)cc(-c5ccccc5)c4c3)c2)cc(C=Cc2cc(C=Cc3ccc4nc(-c5ccc(CCCCCC)cc5)cc(-c5ccccc5)c4c3)cc(C=Cc3ccc4nc(-c5ccc(CCCCCC)cc5)cc(-c5ccccc5)c4c3)c2)c1. The number of rotatable bonds is 39. The number of benzene rings is 14. The third-order valence-corrected chi connectivity index (χ3v) is 26.7. The summed E-state index contributed by atoms with van der Waals surface area (Å²) in [4.78, 5) is 21.2. The Labute approximate surface area is 818 Å². The van der Waals surface area contributed by atoms with Crippen molar-refractivity contribution in [3.63, 3.8) is 0 Å². The summed E-state index contributed by atoms with van der Waals surface area (Å²) in [6, 6.07) is 127. The van der Waals surface area contributed by atoms with Gasteiger partial charge in [-0.3, -0.25) is 0 Å². The van der Waals surface area contributed by atoms with E-state index in [0.29, 0.717) is 0 Å². The lowest BCUT2D eigenvalue weighted by molar-refractivity contribution is 0.667. The molecule has 0 bridgehead atoms. The van der Waals surface area contributed by atoms with Crippen molar-refractivity contribution in [1.82, 2.24) is 19.9 Å². The van der Waals surface area contributed by atoms with Crippen LogP contribution in [0.1, 0.15) is 226 Å². The van der Waals surface area contributed by atoms with E-state index in [1.54, 1.807) is 0 Å². The van der Waals surface area contributed by atoms with E-state index < -0.39 is 0 Å². The minimum absolute atomic E-state index is 0.965. The minimum Gasteiger partial charge on any atom is -0.248 e. The zero-order valence-electron chi connectivity index (χ0n) is 80.7.